The molecule has 10 atom stereocenters. The molecule has 4 saturated heterocycles. The fraction of sp³-hybridized carbons (Fsp3) is 0.850. The molecule has 9 nitrogen and oxygen atoms in total. The van der Waals surface area contributed by atoms with Crippen molar-refractivity contribution in [2.75, 3.05) is 0 Å². The van der Waals surface area contributed by atoms with E-state index in [1.165, 1.54) is 6.92 Å². The van der Waals surface area contributed by atoms with Gasteiger partial charge in [0.25, 0.3) is 0 Å². The third kappa shape index (κ3) is 1.35. The molecule has 2 spiro atoms. The maximum absolute atomic E-state index is 13.3. The van der Waals surface area contributed by atoms with Gasteiger partial charge in [0.1, 0.15) is 12.2 Å². The predicted molar refractivity (Wildman–Crippen MR) is 90.6 cm³/mol. The molecule has 4 aliphatic heterocycles. The van der Waals surface area contributed by atoms with Crippen LogP contribution in [-0.4, -0.2) is 63.9 Å². The summed E-state index contributed by atoms with van der Waals surface area (Å²) in [6.07, 6.45) is -3.96. The lowest BCUT2D eigenvalue weighted by molar-refractivity contribution is -0.238. The van der Waals surface area contributed by atoms with E-state index < -0.39 is 70.5 Å². The smallest absolute Gasteiger partial charge is 0.342 e. The highest BCUT2D eigenvalue weighted by molar-refractivity contribution is 5.93. The molecule has 29 heavy (non-hydrogen) atoms. The monoisotopic (exact) mass is 408 g/mol. The van der Waals surface area contributed by atoms with Crippen LogP contribution in [0, 0.1) is 28.1 Å². The predicted octanol–water partition coefficient (Wildman–Crippen LogP) is -0.340. The molecule has 0 aromatic rings. The van der Waals surface area contributed by atoms with Crippen molar-refractivity contribution in [2.24, 2.45) is 28.1 Å². The number of hydrogen-bond donors (Lipinski definition) is 2. The Bertz CT molecular complexity index is 893. The van der Waals surface area contributed by atoms with Crippen molar-refractivity contribution in [1.29, 1.82) is 0 Å². The van der Waals surface area contributed by atoms with Crippen LogP contribution in [0.15, 0.2) is 0 Å². The molecule has 2 saturated carbocycles. The lowest BCUT2D eigenvalue weighted by atomic mass is 9.51. The van der Waals surface area contributed by atoms with Gasteiger partial charge >= 0.3 is 17.9 Å². The highest BCUT2D eigenvalue weighted by Crippen LogP contribution is 2.84. The zero-order valence-corrected chi connectivity index (χ0v) is 16.6. The minimum Gasteiger partial charge on any atom is -0.459 e. The molecule has 6 aliphatic rings. The number of hydrogen-bond acceptors (Lipinski definition) is 9. The first kappa shape index (κ1) is 18.1. The number of rotatable bonds is 0. The van der Waals surface area contributed by atoms with Gasteiger partial charge in [-0.3, -0.25) is 4.79 Å². The maximum Gasteiger partial charge on any atom is 0.342 e. The summed E-state index contributed by atoms with van der Waals surface area (Å²) in [6, 6.07) is 0. The van der Waals surface area contributed by atoms with Gasteiger partial charge in [-0.25, -0.2) is 9.59 Å². The number of carbonyl (C=O) groups is 3. The number of esters is 3. The van der Waals surface area contributed by atoms with E-state index in [0.717, 1.165) is 0 Å². The Hall–Kier alpha value is -1.71. The molecule has 4 heterocycles. The van der Waals surface area contributed by atoms with Gasteiger partial charge in [-0.05, 0) is 24.7 Å². The Balaban J connectivity index is 1.68. The van der Waals surface area contributed by atoms with Crippen molar-refractivity contribution < 1.29 is 43.5 Å². The lowest BCUT2D eigenvalue weighted by Crippen LogP contribution is -2.66. The van der Waals surface area contributed by atoms with E-state index in [2.05, 4.69) is 0 Å². The van der Waals surface area contributed by atoms with E-state index in [4.69, 9.17) is 18.9 Å². The van der Waals surface area contributed by atoms with Crippen LogP contribution in [0.25, 0.3) is 0 Å². The molecule has 158 valence electrons. The fourth-order valence-electron chi connectivity index (χ4n) is 8.06. The average molecular weight is 408 g/mol. The number of carbonyl (C=O) groups excluding carboxylic acids is 3. The van der Waals surface area contributed by atoms with E-state index in [1.54, 1.807) is 0 Å². The molecule has 0 aromatic carbocycles. The van der Waals surface area contributed by atoms with Crippen molar-refractivity contribution in [3.8, 4) is 0 Å². The van der Waals surface area contributed by atoms with E-state index in [9.17, 15) is 24.6 Å². The maximum atomic E-state index is 13.3. The highest BCUT2D eigenvalue weighted by Gasteiger charge is 3.01. The molecular weight excluding hydrogens is 384 g/mol. The Labute approximate surface area is 166 Å². The Kier molecular flexibility index (Phi) is 2.79. The quantitative estimate of drug-likeness (QED) is 0.408. The van der Waals surface area contributed by atoms with Crippen LogP contribution in [0.3, 0.4) is 0 Å². The summed E-state index contributed by atoms with van der Waals surface area (Å²) in [6.45, 7) is 7.47. The van der Waals surface area contributed by atoms with Gasteiger partial charge in [0.05, 0.1) is 16.7 Å². The molecule has 6 rings (SSSR count). The largest absolute Gasteiger partial charge is 0.459 e. The van der Waals surface area contributed by atoms with Gasteiger partial charge in [0.2, 0.25) is 11.9 Å². The van der Waals surface area contributed by atoms with Gasteiger partial charge in [-0.1, -0.05) is 20.8 Å². The van der Waals surface area contributed by atoms with Crippen LogP contribution in [-0.2, 0) is 33.3 Å². The zero-order chi connectivity index (χ0) is 20.9. The van der Waals surface area contributed by atoms with Gasteiger partial charge in [0.15, 0.2) is 11.7 Å². The van der Waals surface area contributed by atoms with E-state index in [0.29, 0.717) is 6.42 Å². The molecule has 2 N–H and O–H groups in total. The Morgan fingerprint density at radius 1 is 1.03 bits per heavy atom. The molecule has 0 amide bonds. The van der Waals surface area contributed by atoms with Crippen LogP contribution < -0.4 is 0 Å². The standard InChI is InChI=1S/C20H24O9/c1-7-12(22)26-10-6-17-9-5-8(16(2,3)4)18(17)11(21)13(23)28-15(18)29-20(17,14(24)27-9)19(7,10)25/h7-11,15,21,25H,5-6H2,1-4H3/t7-,8-,9-,10-,11-,15+,17+,18-,19+,20+/m0/s1. The van der Waals surface area contributed by atoms with Gasteiger partial charge in [-0.15, -0.1) is 0 Å². The summed E-state index contributed by atoms with van der Waals surface area (Å²) >= 11 is 0. The molecular formula is C20H24O9. The molecule has 0 unspecified atom stereocenters. The Morgan fingerprint density at radius 2 is 1.72 bits per heavy atom. The third-order valence-electron chi connectivity index (χ3n) is 8.97. The van der Waals surface area contributed by atoms with E-state index in [1.807, 2.05) is 20.8 Å². The summed E-state index contributed by atoms with van der Waals surface area (Å²) in [7, 11) is 0. The summed E-state index contributed by atoms with van der Waals surface area (Å²) in [5.74, 6) is -3.52. The van der Waals surface area contributed by atoms with Crippen molar-refractivity contribution in [3.63, 3.8) is 0 Å². The number of aliphatic hydroxyl groups is 2. The fourth-order valence-corrected chi connectivity index (χ4v) is 8.06. The number of fused-ring (bicyclic) bond motifs is 1. The van der Waals surface area contributed by atoms with Gasteiger partial charge < -0.3 is 29.2 Å². The van der Waals surface area contributed by atoms with Crippen LogP contribution in [0.4, 0.5) is 0 Å². The third-order valence-corrected chi connectivity index (χ3v) is 8.97. The minimum absolute atomic E-state index is 0.0623. The second kappa shape index (κ2) is 4.48. The number of ether oxygens (including phenoxy) is 4. The summed E-state index contributed by atoms with van der Waals surface area (Å²) < 4.78 is 22.9. The zero-order valence-electron chi connectivity index (χ0n) is 16.6. The topological polar surface area (TPSA) is 129 Å². The summed E-state index contributed by atoms with van der Waals surface area (Å²) in [4.78, 5) is 38.1. The second-order valence-corrected chi connectivity index (χ2v) is 10.6. The van der Waals surface area contributed by atoms with E-state index in [-0.39, 0.29) is 17.8 Å². The van der Waals surface area contributed by atoms with Crippen molar-refractivity contribution in [3.05, 3.63) is 0 Å². The van der Waals surface area contributed by atoms with Crippen molar-refractivity contribution in [2.45, 2.75) is 76.3 Å². The van der Waals surface area contributed by atoms with E-state index >= 15 is 0 Å². The molecule has 9 heteroatoms. The number of aliphatic hydroxyl groups excluding tert-OH is 1. The average Bonchev–Trinajstić information content (AvgIpc) is 3.31. The van der Waals surface area contributed by atoms with Crippen LogP contribution >= 0.6 is 0 Å². The summed E-state index contributed by atoms with van der Waals surface area (Å²) in [5, 5.41) is 23.0. The first-order chi connectivity index (χ1) is 13.4. The first-order valence-corrected chi connectivity index (χ1v) is 10.1. The SMILES string of the molecule is C[C@H]1C(=O)O[C@H]2C[C@@]34[C@@H]5C[C@@H](C(C)(C)C)[C@]36[C@H](OC(=O)[C@@H]6O)O[C@@]4(C(=O)O5)[C@]21O. The first-order valence-electron chi connectivity index (χ1n) is 10.1. The summed E-state index contributed by atoms with van der Waals surface area (Å²) in [5.41, 5.74) is -6.81. The molecule has 0 bridgehead atoms. The van der Waals surface area contributed by atoms with Gasteiger partial charge in [-0.2, -0.15) is 0 Å². The van der Waals surface area contributed by atoms with Crippen LogP contribution in [0.5, 0.6) is 0 Å². The highest BCUT2D eigenvalue weighted by atomic mass is 16.8. The van der Waals surface area contributed by atoms with Crippen LogP contribution in [0.1, 0.15) is 40.5 Å². The lowest BCUT2D eigenvalue weighted by Gasteiger charge is -2.46. The van der Waals surface area contributed by atoms with Crippen LogP contribution in [0.2, 0.25) is 0 Å². The van der Waals surface area contributed by atoms with Gasteiger partial charge in [0, 0.05) is 6.42 Å². The molecule has 6 fully saturated rings. The van der Waals surface area contributed by atoms with Crippen molar-refractivity contribution in [1.82, 2.24) is 0 Å². The normalized spacial score (nSPS) is 59.2. The molecule has 0 radical (unpaired) electrons. The minimum atomic E-state index is -1.97. The molecule has 0 aromatic heterocycles. The van der Waals surface area contributed by atoms with Crippen molar-refractivity contribution >= 4 is 17.9 Å². The molecule has 2 aliphatic carbocycles. The second-order valence-electron chi connectivity index (χ2n) is 10.6. The Morgan fingerprint density at radius 3 is 2.38 bits per heavy atom.